The van der Waals surface area contributed by atoms with Crippen LogP contribution in [0.3, 0.4) is 0 Å². The third kappa shape index (κ3) is 5.54. The van der Waals surface area contributed by atoms with Gasteiger partial charge in [0.1, 0.15) is 0 Å². The van der Waals surface area contributed by atoms with E-state index >= 15 is 0 Å². The summed E-state index contributed by atoms with van der Waals surface area (Å²) in [6, 6.07) is 50.6. The summed E-state index contributed by atoms with van der Waals surface area (Å²) in [5.74, 6) is 0.496. The summed E-state index contributed by atoms with van der Waals surface area (Å²) in [6.45, 7) is 4.49. The van der Waals surface area contributed by atoms with Gasteiger partial charge in [-0.05, 0) is 127 Å². The van der Waals surface area contributed by atoms with E-state index in [0.717, 1.165) is 30.6 Å². The van der Waals surface area contributed by atoms with Crippen LogP contribution in [0.4, 0.5) is 28.4 Å². The van der Waals surface area contributed by atoms with Crippen molar-refractivity contribution in [3.63, 3.8) is 0 Å². The molecule has 0 fully saturated rings. The van der Waals surface area contributed by atoms with Crippen LogP contribution in [0.25, 0.3) is 21.9 Å². The van der Waals surface area contributed by atoms with Crippen LogP contribution >= 0.6 is 0 Å². The molecule has 0 saturated heterocycles. The Morgan fingerprint density at radius 3 is 1.83 bits per heavy atom. The van der Waals surface area contributed by atoms with E-state index in [1.54, 1.807) is 5.57 Å². The van der Waals surface area contributed by atoms with Crippen LogP contribution in [0, 0.1) is 19.8 Å². The summed E-state index contributed by atoms with van der Waals surface area (Å²) in [4.78, 5) is 4.85. The summed E-state index contributed by atoms with van der Waals surface area (Å²) in [6.07, 6.45) is 12.8. The Hall–Kier alpha value is -5.60. The van der Waals surface area contributed by atoms with E-state index in [9.17, 15) is 0 Å². The Labute approximate surface area is 284 Å². The second-order valence-corrected chi connectivity index (χ2v) is 13.0. The first kappa shape index (κ1) is 29.8. The molecule has 2 aliphatic carbocycles. The molecule has 234 valence electrons. The summed E-state index contributed by atoms with van der Waals surface area (Å²) in [7, 11) is 0. The highest BCUT2D eigenvalue weighted by Gasteiger charge is 2.25. The van der Waals surface area contributed by atoms with Gasteiger partial charge in [-0.15, -0.1) is 0 Å². The van der Waals surface area contributed by atoms with E-state index in [0.29, 0.717) is 5.92 Å². The molecule has 0 amide bonds. The number of anilines is 5. The largest absolute Gasteiger partial charge is 0.311 e. The van der Waals surface area contributed by atoms with Gasteiger partial charge in [0.15, 0.2) is 0 Å². The monoisotopic (exact) mass is 620 g/mol. The molecule has 6 aromatic rings. The molecule has 0 spiro atoms. The average Bonchev–Trinajstić information content (AvgIpc) is 3.13. The van der Waals surface area contributed by atoms with E-state index in [2.05, 4.69) is 187 Å². The van der Waals surface area contributed by atoms with Gasteiger partial charge in [-0.1, -0.05) is 103 Å². The lowest BCUT2D eigenvalue weighted by Crippen LogP contribution is -2.22. The van der Waals surface area contributed by atoms with Gasteiger partial charge in [-0.2, -0.15) is 0 Å². The first-order valence-corrected chi connectivity index (χ1v) is 17.1. The normalized spacial score (nSPS) is 15.4. The highest BCUT2D eigenvalue weighted by atomic mass is 15.2. The molecule has 0 radical (unpaired) electrons. The molecule has 0 N–H and O–H groups in total. The van der Waals surface area contributed by atoms with Crippen molar-refractivity contribution >= 4 is 39.2 Å². The molecule has 0 saturated carbocycles. The van der Waals surface area contributed by atoms with E-state index in [4.69, 9.17) is 0 Å². The van der Waals surface area contributed by atoms with Crippen molar-refractivity contribution in [2.24, 2.45) is 5.92 Å². The van der Waals surface area contributed by atoms with E-state index in [1.807, 2.05) is 0 Å². The van der Waals surface area contributed by atoms with Crippen molar-refractivity contribution in [2.75, 3.05) is 9.80 Å². The zero-order valence-electron chi connectivity index (χ0n) is 27.7. The van der Waals surface area contributed by atoms with Crippen molar-refractivity contribution in [3.8, 4) is 11.1 Å². The number of fused-ring (bicyclic) bond motifs is 2. The van der Waals surface area contributed by atoms with Crippen LogP contribution in [0.5, 0.6) is 0 Å². The lowest BCUT2D eigenvalue weighted by Gasteiger charge is -2.34. The van der Waals surface area contributed by atoms with Gasteiger partial charge in [0, 0.05) is 39.8 Å². The standard InChI is InChI=1S/C46H40N2/c1-33-31-39(47(37-19-5-3-6-20-37)45-25-13-17-35-15-9-11-23-43(35)45)27-29-41(33)42-30-28-40(32-34(42)2)48(38-21-7-4-8-22-38)46-26-14-18-36-16-10-12-24-44(36)46/h3-11,13-17,19-23,25-32,36H,12,18,24H2,1-2H3. The van der Waals surface area contributed by atoms with Crippen LogP contribution in [0.15, 0.2) is 175 Å². The molecule has 2 aliphatic rings. The topological polar surface area (TPSA) is 6.48 Å². The van der Waals surface area contributed by atoms with Crippen LogP contribution in [-0.4, -0.2) is 0 Å². The third-order valence-corrected chi connectivity index (χ3v) is 9.89. The molecule has 2 nitrogen and oxygen atoms in total. The number of hydrogen-bond donors (Lipinski definition) is 0. The van der Waals surface area contributed by atoms with Crippen LogP contribution in [0.2, 0.25) is 0 Å². The van der Waals surface area contributed by atoms with Crippen molar-refractivity contribution in [1.29, 1.82) is 0 Å². The lowest BCUT2D eigenvalue weighted by molar-refractivity contribution is 0.671. The van der Waals surface area contributed by atoms with Gasteiger partial charge < -0.3 is 9.80 Å². The Morgan fingerprint density at radius 1 is 0.542 bits per heavy atom. The lowest BCUT2D eigenvalue weighted by atomic mass is 9.82. The number of nitrogens with zero attached hydrogens (tertiary/aromatic N) is 2. The fourth-order valence-electron chi connectivity index (χ4n) is 7.58. The number of para-hydroxylation sites is 2. The Kier molecular flexibility index (Phi) is 8.00. The number of benzene rings is 6. The maximum Gasteiger partial charge on any atom is 0.0540 e. The summed E-state index contributed by atoms with van der Waals surface area (Å²) in [5, 5.41) is 2.47. The molecule has 2 heteroatoms. The highest BCUT2D eigenvalue weighted by Crippen LogP contribution is 2.43. The number of rotatable bonds is 7. The maximum absolute atomic E-state index is 2.46. The van der Waals surface area contributed by atoms with Crippen LogP contribution in [-0.2, 0) is 0 Å². The molecule has 1 unspecified atom stereocenters. The molecular weight excluding hydrogens is 581 g/mol. The molecular formula is C46H40N2. The van der Waals surface area contributed by atoms with Gasteiger partial charge in [-0.25, -0.2) is 0 Å². The number of hydrogen-bond acceptors (Lipinski definition) is 2. The highest BCUT2D eigenvalue weighted by molar-refractivity contribution is 5.99. The van der Waals surface area contributed by atoms with E-state index in [-0.39, 0.29) is 0 Å². The van der Waals surface area contributed by atoms with E-state index in [1.165, 1.54) is 55.8 Å². The SMILES string of the molecule is Cc1cc(N(C2=C3CCC=CC3CC=C2)c2ccccc2)ccc1-c1ccc(N(c2ccccc2)c2cccc3ccccc23)cc1C. The molecule has 0 aliphatic heterocycles. The van der Waals surface area contributed by atoms with Crippen LogP contribution in [0.1, 0.15) is 30.4 Å². The fourth-order valence-corrected chi connectivity index (χ4v) is 7.58. The summed E-state index contributed by atoms with van der Waals surface area (Å²) >= 11 is 0. The molecule has 48 heavy (non-hydrogen) atoms. The zero-order chi connectivity index (χ0) is 32.5. The Morgan fingerprint density at radius 2 is 1.15 bits per heavy atom. The second kappa shape index (κ2) is 12.9. The minimum atomic E-state index is 0.496. The predicted octanol–water partition coefficient (Wildman–Crippen LogP) is 12.9. The van der Waals surface area contributed by atoms with Gasteiger partial charge in [0.2, 0.25) is 0 Å². The summed E-state index contributed by atoms with van der Waals surface area (Å²) in [5.41, 5.74) is 13.8. The van der Waals surface area contributed by atoms with Crippen LogP contribution < -0.4 is 9.80 Å². The van der Waals surface area contributed by atoms with Crippen molar-refractivity contribution in [3.05, 3.63) is 186 Å². The van der Waals surface area contributed by atoms with Crippen molar-refractivity contribution < 1.29 is 0 Å². The Bertz CT molecular complexity index is 2180. The molecule has 0 heterocycles. The molecule has 8 rings (SSSR count). The quantitative estimate of drug-likeness (QED) is 0.164. The minimum Gasteiger partial charge on any atom is -0.311 e. The average molecular weight is 621 g/mol. The maximum atomic E-state index is 2.46. The van der Waals surface area contributed by atoms with Crippen molar-refractivity contribution in [2.45, 2.75) is 33.1 Å². The van der Waals surface area contributed by atoms with Gasteiger partial charge >= 0.3 is 0 Å². The number of aryl methyl sites for hydroxylation is 2. The first-order valence-electron chi connectivity index (χ1n) is 17.1. The predicted molar refractivity (Wildman–Crippen MR) is 205 cm³/mol. The molecule has 1 atom stereocenters. The molecule has 0 bridgehead atoms. The smallest absolute Gasteiger partial charge is 0.0540 e. The summed E-state index contributed by atoms with van der Waals surface area (Å²) < 4.78 is 0. The van der Waals surface area contributed by atoms with Gasteiger partial charge in [0.25, 0.3) is 0 Å². The van der Waals surface area contributed by atoms with Gasteiger partial charge in [-0.3, -0.25) is 0 Å². The zero-order valence-corrected chi connectivity index (χ0v) is 27.7. The van der Waals surface area contributed by atoms with Gasteiger partial charge in [0.05, 0.1) is 5.69 Å². The molecule has 6 aromatic carbocycles. The second-order valence-electron chi connectivity index (χ2n) is 13.0. The third-order valence-electron chi connectivity index (χ3n) is 9.89. The van der Waals surface area contributed by atoms with E-state index < -0.39 is 0 Å². The first-order chi connectivity index (χ1) is 23.7. The fraction of sp³-hybridized carbons (Fsp3) is 0.130. The molecule has 0 aromatic heterocycles. The minimum absolute atomic E-state index is 0.496. The van der Waals surface area contributed by atoms with Crippen molar-refractivity contribution in [1.82, 2.24) is 0 Å². The number of allylic oxidation sites excluding steroid dienone is 5. The Balaban J connectivity index is 1.19.